The molecule has 2 rings (SSSR count). The first-order valence-corrected chi connectivity index (χ1v) is 7.22. The minimum Gasteiger partial charge on any atom is -0.396 e. The maximum Gasteiger partial charge on any atom is 0.328 e. The highest BCUT2D eigenvalue weighted by atomic mass is 16.3. The SMILES string of the molecule is CC(C)n1ccn(CCN2CCC(CO)CC2)c1=O. The molecule has 0 amide bonds. The van der Waals surface area contributed by atoms with Gasteiger partial charge in [0.15, 0.2) is 0 Å². The highest BCUT2D eigenvalue weighted by Gasteiger charge is 2.18. The zero-order valence-corrected chi connectivity index (χ0v) is 12.0. The fourth-order valence-electron chi connectivity index (χ4n) is 2.63. The van der Waals surface area contributed by atoms with E-state index in [1.165, 1.54) is 0 Å². The summed E-state index contributed by atoms with van der Waals surface area (Å²) in [5, 5.41) is 9.11. The summed E-state index contributed by atoms with van der Waals surface area (Å²) in [7, 11) is 0. The average molecular weight is 267 g/mol. The van der Waals surface area contributed by atoms with Crippen LogP contribution in [0.2, 0.25) is 0 Å². The molecule has 5 nitrogen and oxygen atoms in total. The van der Waals surface area contributed by atoms with Crippen molar-refractivity contribution in [1.82, 2.24) is 14.0 Å². The van der Waals surface area contributed by atoms with Crippen molar-refractivity contribution in [3.05, 3.63) is 22.9 Å². The Morgan fingerprint density at radius 1 is 1.26 bits per heavy atom. The number of imidazole rings is 1. The number of hydrogen-bond donors (Lipinski definition) is 1. The van der Waals surface area contributed by atoms with Gasteiger partial charge in [-0.2, -0.15) is 0 Å². The number of nitrogens with zero attached hydrogens (tertiary/aromatic N) is 3. The maximum absolute atomic E-state index is 12.1. The van der Waals surface area contributed by atoms with Gasteiger partial charge in [-0.25, -0.2) is 4.79 Å². The van der Waals surface area contributed by atoms with E-state index in [9.17, 15) is 4.79 Å². The van der Waals surface area contributed by atoms with Gasteiger partial charge in [-0.3, -0.25) is 9.13 Å². The Kier molecular flexibility index (Phi) is 4.82. The van der Waals surface area contributed by atoms with E-state index in [0.717, 1.165) is 39.0 Å². The molecule has 0 bridgehead atoms. The van der Waals surface area contributed by atoms with Crippen molar-refractivity contribution in [2.24, 2.45) is 5.92 Å². The van der Waals surface area contributed by atoms with Crippen molar-refractivity contribution in [1.29, 1.82) is 0 Å². The third kappa shape index (κ3) is 3.48. The maximum atomic E-state index is 12.1. The zero-order chi connectivity index (χ0) is 13.8. The van der Waals surface area contributed by atoms with Crippen LogP contribution in [0.1, 0.15) is 32.7 Å². The summed E-state index contributed by atoms with van der Waals surface area (Å²) < 4.78 is 3.55. The summed E-state index contributed by atoms with van der Waals surface area (Å²) in [5.41, 5.74) is 0.0836. The number of piperidine rings is 1. The molecular formula is C14H25N3O2. The standard InChI is InChI=1S/C14H25N3O2/c1-12(2)17-10-9-16(14(17)19)8-7-15-5-3-13(11-18)4-6-15/h9-10,12-13,18H,3-8,11H2,1-2H3. The molecule has 0 spiro atoms. The molecule has 2 heterocycles. The molecule has 1 aliphatic rings. The van der Waals surface area contributed by atoms with Crippen molar-refractivity contribution in [2.45, 2.75) is 39.3 Å². The molecule has 5 heteroatoms. The van der Waals surface area contributed by atoms with Crippen molar-refractivity contribution >= 4 is 0 Å². The molecular weight excluding hydrogens is 242 g/mol. The normalized spacial score (nSPS) is 18.3. The Labute approximate surface area is 114 Å². The van der Waals surface area contributed by atoms with E-state index in [2.05, 4.69) is 4.90 Å². The van der Waals surface area contributed by atoms with Gasteiger partial charge >= 0.3 is 5.69 Å². The van der Waals surface area contributed by atoms with Gasteiger partial charge in [0.05, 0.1) is 0 Å². The molecule has 1 fully saturated rings. The third-order valence-electron chi connectivity index (χ3n) is 4.05. The molecule has 0 atom stereocenters. The van der Waals surface area contributed by atoms with Crippen LogP contribution < -0.4 is 5.69 Å². The second-order valence-electron chi connectivity index (χ2n) is 5.74. The van der Waals surface area contributed by atoms with Crippen LogP contribution in [0, 0.1) is 5.92 Å². The van der Waals surface area contributed by atoms with E-state index in [0.29, 0.717) is 12.5 Å². The fourth-order valence-corrected chi connectivity index (χ4v) is 2.63. The molecule has 1 aromatic heterocycles. The number of hydrogen-bond acceptors (Lipinski definition) is 3. The van der Waals surface area contributed by atoms with Crippen molar-refractivity contribution in [2.75, 3.05) is 26.2 Å². The topological polar surface area (TPSA) is 50.4 Å². The molecule has 1 aliphatic heterocycles. The van der Waals surface area contributed by atoms with Gasteiger partial charge in [0.25, 0.3) is 0 Å². The molecule has 0 unspecified atom stereocenters. The summed E-state index contributed by atoms with van der Waals surface area (Å²) in [6, 6.07) is 0.217. The van der Waals surface area contributed by atoms with Gasteiger partial charge in [0.1, 0.15) is 0 Å². The molecule has 0 aliphatic carbocycles. The highest BCUT2D eigenvalue weighted by molar-refractivity contribution is 4.84. The smallest absolute Gasteiger partial charge is 0.328 e. The summed E-state index contributed by atoms with van der Waals surface area (Å²) in [6.45, 7) is 8.08. The molecule has 0 radical (unpaired) electrons. The molecule has 108 valence electrons. The quantitative estimate of drug-likeness (QED) is 0.863. The predicted octanol–water partition coefficient (Wildman–Crippen LogP) is 0.935. The highest BCUT2D eigenvalue weighted by Crippen LogP contribution is 2.15. The van der Waals surface area contributed by atoms with Crippen LogP contribution in [0.4, 0.5) is 0 Å². The lowest BCUT2D eigenvalue weighted by Gasteiger charge is -2.30. The van der Waals surface area contributed by atoms with E-state index in [1.807, 2.05) is 26.2 Å². The molecule has 1 aromatic rings. The summed E-state index contributed by atoms with van der Waals surface area (Å²) in [5.74, 6) is 0.473. The van der Waals surface area contributed by atoms with E-state index < -0.39 is 0 Å². The number of likely N-dealkylation sites (tertiary alicyclic amines) is 1. The first-order valence-electron chi connectivity index (χ1n) is 7.22. The Balaban J connectivity index is 1.85. The second kappa shape index (κ2) is 6.39. The van der Waals surface area contributed by atoms with Gasteiger partial charge in [-0.1, -0.05) is 0 Å². The average Bonchev–Trinajstić information content (AvgIpc) is 2.78. The second-order valence-corrected chi connectivity index (χ2v) is 5.74. The van der Waals surface area contributed by atoms with Crippen LogP contribution >= 0.6 is 0 Å². The van der Waals surface area contributed by atoms with Crippen LogP contribution in [0.25, 0.3) is 0 Å². The van der Waals surface area contributed by atoms with Crippen LogP contribution in [0.15, 0.2) is 17.2 Å². The van der Waals surface area contributed by atoms with Crippen LogP contribution in [0.5, 0.6) is 0 Å². The summed E-state index contributed by atoms with van der Waals surface area (Å²) >= 11 is 0. The zero-order valence-electron chi connectivity index (χ0n) is 12.0. The van der Waals surface area contributed by atoms with E-state index in [-0.39, 0.29) is 11.7 Å². The van der Waals surface area contributed by atoms with Crippen molar-refractivity contribution in [3.8, 4) is 0 Å². The van der Waals surface area contributed by atoms with E-state index in [4.69, 9.17) is 5.11 Å². The molecule has 1 N–H and O–H groups in total. The van der Waals surface area contributed by atoms with Gasteiger partial charge in [-0.15, -0.1) is 0 Å². The third-order valence-corrected chi connectivity index (χ3v) is 4.05. The molecule has 1 saturated heterocycles. The van der Waals surface area contributed by atoms with Gasteiger partial charge < -0.3 is 10.0 Å². The predicted molar refractivity (Wildman–Crippen MR) is 75.3 cm³/mol. The first kappa shape index (κ1) is 14.3. The van der Waals surface area contributed by atoms with Gasteiger partial charge in [0, 0.05) is 38.1 Å². The Morgan fingerprint density at radius 2 is 1.95 bits per heavy atom. The molecule has 0 saturated carbocycles. The minimum atomic E-state index is 0.0836. The number of rotatable bonds is 5. The fraction of sp³-hybridized carbons (Fsp3) is 0.786. The monoisotopic (exact) mass is 267 g/mol. The summed E-state index contributed by atoms with van der Waals surface area (Å²) in [6.07, 6.45) is 5.88. The number of aliphatic hydroxyl groups excluding tert-OH is 1. The number of aliphatic hydroxyl groups is 1. The van der Waals surface area contributed by atoms with Crippen molar-refractivity contribution in [3.63, 3.8) is 0 Å². The van der Waals surface area contributed by atoms with Crippen LogP contribution in [-0.2, 0) is 6.54 Å². The molecule has 0 aromatic carbocycles. The minimum absolute atomic E-state index is 0.0836. The lowest BCUT2D eigenvalue weighted by atomic mass is 9.98. The van der Waals surface area contributed by atoms with E-state index >= 15 is 0 Å². The lowest BCUT2D eigenvalue weighted by molar-refractivity contribution is 0.129. The van der Waals surface area contributed by atoms with Gasteiger partial charge in [-0.05, 0) is 45.7 Å². The Hall–Kier alpha value is -1.07. The van der Waals surface area contributed by atoms with Crippen molar-refractivity contribution < 1.29 is 5.11 Å². The molecule has 19 heavy (non-hydrogen) atoms. The number of aromatic nitrogens is 2. The lowest BCUT2D eigenvalue weighted by Crippen LogP contribution is -2.38. The van der Waals surface area contributed by atoms with Gasteiger partial charge in [0.2, 0.25) is 0 Å². The summed E-state index contributed by atoms with van der Waals surface area (Å²) in [4.78, 5) is 14.4. The largest absolute Gasteiger partial charge is 0.396 e. The Bertz CT molecular complexity index is 442. The van der Waals surface area contributed by atoms with Crippen LogP contribution in [0.3, 0.4) is 0 Å². The van der Waals surface area contributed by atoms with E-state index in [1.54, 1.807) is 9.13 Å². The van der Waals surface area contributed by atoms with Crippen LogP contribution in [-0.4, -0.2) is 45.4 Å². The first-order chi connectivity index (χ1) is 9.11. The Morgan fingerprint density at radius 3 is 2.47 bits per heavy atom.